The molecule has 1 saturated carbocycles. The van der Waals surface area contributed by atoms with E-state index in [0.29, 0.717) is 31.4 Å². The van der Waals surface area contributed by atoms with E-state index in [1.807, 2.05) is 6.92 Å². The number of aromatic nitrogens is 1. The summed E-state index contributed by atoms with van der Waals surface area (Å²) in [5.74, 6) is -1.01. The van der Waals surface area contributed by atoms with Crippen LogP contribution in [-0.2, 0) is 19.7 Å². The van der Waals surface area contributed by atoms with Crippen molar-refractivity contribution >= 4 is 38.5 Å². The molecule has 0 saturated heterocycles. The first-order valence-corrected chi connectivity index (χ1v) is 9.22. The summed E-state index contributed by atoms with van der Waals surface area (Å²) in [5, 5.41) is 12.0. The highest BCUT2D eigenvalue weighted by Crippen LogP contribution is 2.53. The fraction of sp³-hybridized carbons (Fsp3) is 0.444. The molecule has 2 aromatic rings. The number of halogens is 2. The van der Waals surface area contributed by atoms with E-state index in [1.165, 1.54) is 19.2 Å². The first-order valence-electron chi connectivity index (χ1n) is 8.42. The van der Waals surface area contributed by atoms with Gasteiger partial charge in [0.25, 0.3) is 5.69 Å². The van der Waals surface area contributed by atoms with Gasteiger partial charge >= 0.3 is 5.97 Å². The van der Waals surface area contributed by atoms with Crippen LogP contribution in [0.15, 0.2) is 22.8 Å². The molecule has 0 atom stereocenters. The highest BCUT2D eigenvalue weighted by atomic mass is 79.9. The molecule has 144 valence electrons. The third-order valence-corrected chi connectivity index (χ3v) is 5.58. The summed E-state index contributed by atoms with van der Waals surface area (Å²) in [7, 11) is 1.25. The normalized spacial score (nSPS) is 21.7. The van der Waals surface area contributed by atoms with Crippen molar-refractivity contribution in [3.05, 3.63) is 44.3 Å². The van der Waals surface area contributed by atoms with Crippen LogP contribution >= 0.6 is 15.9 Å². The maximum atomic E-state index is 13.9. The second-order valence-electron chi connectivity index (χ2n) is 6.57. The summed E-state index contributed by atoms with van der Waals surface area (Å²) < 4.78 is 24.5. The SMILES string of the molecule is CCOCC1CC(C(=O)OC)(c2c([N+](=O)[O-])cnc3cc(F)c(Br)cc23)C1. The molecule has 3 rings (SSSR count). The lowest BCUT2D eigenvalue weighted by molar-refractivity contribution is -0.386. The molecule has 1 fully saturated rings. The molecule has 0 bridgehead atoms. The molecule has 1 heterocycles. The zero-order chi connectivity index (χ0) is 19.8. The Morgan fingerprint density at radius 1 is 1.48 bits per heavy atom. The van der Waals surface area contributed by atoms with E-state index in [0.717, 1.165) is 6.20 Å². The van der Waals surface area contributed by atoms with E-state index in [1.54, 1.807) is 0 Å². The number of nitro groups is 1. The van der Waals surface area contributed by atoms with Crippen LogP contribution in [0.2, 0.25) is 0 Å². The Labute approximate surface area is 163 Å². The molecule has 1 aliphatic carbocycles. The minimum Gasteiger partial charge on any atom is -0.468 e. The van der Waals surface area contributed by atoms with Crippen molar-refractivity contribution in [2.45, 2.75) is 25.2 Å². The van der Waals surface area contributed by atoms with E-state index in [9.17, 15) is 19.3 Å². The van der Waals surface area contributed by atoms with Crippen LogP contribution in [0, 0.1) is 21.8 Å². The number of ether oxygens (including phenoxy) is 2. The maximum absolute atomic E-state index is 13.9. The van der Waals surface area contributed by atoms with Crippen molar-refractivity contribution in [3.8, 4) is 0 Å². The molecule has 9 heteroatoms. The topological polar surface area (TPSA) is 91.6 Å². The predicted molar refractivity (Wildman–Crippen MR) is 99.0 cm³/mol. The predicted octanol–water partition coefficient (Wildman–Crippen LogP) is 3.90. The minimum atomic E-state index is -1.18. The molecule has 0 amide bonds. The number of hydrogen-bond acceptors (Lipinski definition) is 6. The van der Waals surface area contributed by atoms with Gasteiger partial charge in [0.05, 0.1) is 27.6 Å². The largest absolute Gasteiger partial charge is 0.468 e. The summed E-state index contributed by atoms with van der Waals surface area (Å²) in [6.45, 7) is 2.89. The van der Waals surface area contributed by atoms with Gasteiger partial charge in [0.1, 0.15) is 17.4 Å². The van der Waals surface area contributed by atoms with Crippen LogP contribution in [0.25, 0.3) is 10.9 Å². The Morgan fingerprint density at radius 2 is 2.19 bits per heavy atom. The second-order valence-corrected chi connectivity index (χ2v) is 7.42. The quantitative estimate of drug-likeness (QED) is 0.384. The smallest absolute Gasteiger partial charge is 0.316 e. The van der Waals surface area contributed by atoms with Crippen LogP contribution in [-0.4, -0.2) is 36.2 Å². The van der Waals surface area contributed by atoms with Gasteiger partial charge in [0.2, 0.25) is 0 Å². The molecule has 0 unspecified atom stereocenters. The van der Waals surface area contributed by atoms with Crippen molar-refractivity contribution in [2.75, 3.05) is 20.3 Å². The van der Waals surface area contributed by atoms with Gasteiger partial charge in [0.15, 0.2) is 0 Å². The number of methoxy groups -OCH3 is 1. The molecule has 1 aromatic heterocycles. The Bertz CT molecular complexity index is 914. The Balaban J connectivity index is 2.22. The summed E-state index contributed by atoms with van der Waals surface area (Å²) in [4.78, 5) is 27.8. The Morgan fingerprint density at radius 3 is 2.78 bits per heavy atom. The van der Waals surface area contributed by atoms with Crippen molar-refractivity contribution in [1.82, 2.24) is 4.98 Å². The lowest BCUT2D eigenvalue weighted by Gasteiger charge is -2.45. The highest BCUT2D eigenvalue weighted by molar-refractivity contribution is 9.10. The number of fused-ring (bicyclic) bond motifs is 1. The van der Waals surface area contributed by atoms with Gasteiger partial charge in [-0.05, 0) is 47.7 Å². The second kappa shape index (κ2) is 7.47. The average Bonchev–Trinajstić information content (AvgIpc) is 2.61. The first kappa shape index (κ1) is 19.6. The molecular weight excluding hydrogens is 423 g/mol. The summed E-state index contributed by atoms with van der Waals surface area (Å²) in [6, 6.07) is 2.62. The van der Waals surface area contributed by atoms with E-state index < -0.39 is 22.1 Å². The summed E-state index contributed by atoms with van der Waals surface area (Å²) in [6.07, 6.45) is 1.79. The fourth-order valence-electron chi connectivity index (χ4n) is 3.81. The van der Waals surface area contributed by atoms with Crippen LogP contribution < -0.4 is 0 Å². The van der Waals surface area contributed by atoms with Gasteiger partial charge in [-0.25, -0.2) is 9.37 Å². The average molecular weight is 441 g/mol. The van der Waals surface area contributed by atoms with E-state index >= 15 is 0 Å². The number of carbonyl (C=O) groups is 1. The van der Waals surface area contributed by atoms with Gasteiger partial charge in [-0.1, -0.05) is 0 Å². The van der Waals surface area contributed by atoms with Gasteiger partial charge in [-0.3, -0.25) is 14.9 Å². The zero-order valence-electron chi connectivity index (χ0n) is 14.8. The van der Waals surface area contributed by atoms with Crippen LogP contribution in [0.5, 0.6) is 0 Å². The zero-order valence-corrected chi connectivity index (χ0v) is 16.4. The fourth-order valence-corrected chi connectivity index (χ4v) is 4.16. The molecule has 7 nitrogen and oxygen atoms in total. The van der Waals surface area contributed by atoms with E-state index in [4.69, 9.17) is 9.47 Å². The molecule has 0 N–H and O–H groups in total. The third kappa shape index (κ3) is 3.29. The Kier molecular flexibility index (Phi) is 5.43. The number of rotatable bonds is 6. The van der Waals surface area contributed by atoms with Gasteiger partial charge in [0, 0.05) is 24.7 Å². The third-order valence-electron chi connectivity index (χ3n) is 4.97. The van der Waals surface area contributed by atoms with Crippen molar-refractivity contribution < 1.29 is 23.6 Å². The van der Waals surface area contributed by atoms with E-state index in [-0.39, 0.29) is 27.2 Å². The van der Waals surface area contributed by atoms with Crippen LogP contribution in [0.1, 0.15) is 25.3 Å². The van der Waals surface area contributed by atoms with Crippen LogP contribution in [0.4, 0.5) is 10.1 Å². The van der Waals surface area contributed by atoms with Crippen molar-refractivity contribution in [1.29, 1.82) is 0 Å². The number of esters is 1. The van der Waals surface area contributed by atoms with E-state index in [2.05, 4.69) is 20.9 Å². The van der Waals surface area contributed by atoms with Crippen LogP contribution in [0.3, 0.4) is 0 Å². The number of pyridine rings is 1. The number of carbonyl (C=O) groups excluding carboxylic acids is 1. The molecule has 1 aromatic carbocycles. The highest BCUT2D eigenvalue weighted by Gasteiger charge is 2.56. The molecule has 27 heavy (non-hydrogen) atoms. The minimum absolute atomic E-state index is 0.0794. The number of benzene rings is 1. The monoisotopic (exact) mass is 440 g/mol. The Hall–Kier alpha value is -2.13. The van der Waals surface area contributed by atoms with Crippen molar-refractivity contribution in [2.24, 2.45) is 5.92 Å². The maximum Gasteiger partial charge on any atom is 0.316 e. The van der Waals surface area contributed by atoms with Gasteiger partial charge < -0.3 is 9.47 Å². The molecule has 1 aliphatic rings. The lowest BCUT2D eigenvalue weighted by Crippen LogP contribution is -2.50. The number of nitrogens with zero attached hydrogens (tertiary/aromatic N) is 2. The van der Waals surface area contributed by atoms with Gasteiger partial charge in [-0.2, -0.15) is 0 Å². The molecule has 0 radical (unpaired) electrons. The van der Waals surface area contributed by atoms with Gasteiger partial charge in [-0.15, -0.1) is 0 Å². The number of hydrogen-bond donors (Lipinski definition) is 0. The lowest BCUT2D eigenvalue weighted by atomic mass is 9.58. The summed E-state index contributed by atoms with van der Waals surface area (Å²) >= 11 is 3.11. The molecular formula is C18H18BrFN2O5. The standard InChI is InChI=1S/C18H18BrFN2O5/c1-3-27-9-10-6-18(7-10,17(23)26-2)16-11-4-12(19)13(20)5-14(11)21-8-15(16)22(24)25/h4-5,8,10H,3,6-7,9H2,1-2H3. The summed E-state index contributed by atoms with van der Waals surface area (Å²) in [5.41, 5.74) is -0.996. The van der Waals surface area contributed by atoms with Crippen molar-refractivity contribution in [3.63, 3.8) is 0 Å². The molecule has 0 aliphatic heterocycles. The molecule has 0 spiro atoms. The first-order chi connectivity index (χ1) is 12.8.